The van der Waals surface area contributed by atoms with Gasteiger partial charge in [-0.3, -0.25) is 10.1 Å². The number of hydrogen-bond acceptors (Lipinski definition) is 6. The minimum atomic E-state index is -0.637. The third-order valence-corrected chi connectivity index (χ3v) is 3.06. The highest BCUT2D eigenvalue weighted by molar-refractivity contribution is 6.31. The molecule has 0 bridgehead atoms. The minimum Gasteiger partial charge on any atom is -0.471 e. The number of halogens is 1. The van der Waals surface area contributed by atoms with Crippen molar-refractivity contribution in [2.75, 3.05) is 20.2 Å². The Labute approximate surface area is 109 Å². The summed E-state index contributed by atoms with van der Waals surface area (Å²) in [5.41, 5.74) is -0.381. The van der Waals surface area contributed by atoms with E-state index in [0.717, 1.165) is 6.33 Å². The van der Waals surface area contributed by atoms with Gasteiger partial charge in [0.05, 0.1) is 4.92 Å². The van der Waals surface area contributed by atoms with Crippen molar-refractivity contribution in [3.63, 3.8) is 0 Å². The number of nitro groups is 1. The maximum Gasteiger partial charge on any atom is 0.367 e. The van der Waals surface area contributed by atoms with Gasteiger partial charge < -0.3 is 9.64 Å². The highest BCUT2D eigenvalue weighted by atomic mass is 35.5. The molecule has 1 fully saturated rings. The molecule has 18 heavy (non-hydrogen) atoms. The van der Waals surface area contributed by atoms with Crippen molar-refractivity contribution in [1.29, 1.82) is 0 Å². The molecule has 1 saturated carbocycles. The second kappa shape index (κ2) is 5.45. The van der Waals surface area contributed by atoms with E-state index < -0.39 is 4.92 Å². The molecule has 1 aliphatic carbocycles. The number of nitrogens with zero attached hydrogens (tertiary/aromatic N) is 4. The molecule has 2 rings (SSSR count). The van der Waals surface area contributed by atoms with Gasteiger partial charge in [0.1, 0.15) is 12.9 Å². The molecule has 98 valence electrons. The Hall–Kier alpha value is -1.47. The molecule has 1 heterocycles. The van der Waals surface area contributed by atoms with Gasteiger partial charge in [0.25, 0.3) is 5.88 Å². The lowest BCUT2D eigenvalue weighted by Gasteiger charge is -2.15. The summed E-state index contributed by atoms with van der Waals surface area (Å²) in [6.07, 6.45) is 3.56. The number of ether oxygens (including phenoxy) is 1. The van der Waals surface area contributed by atoms with E-state index in [1.165, 1.54) is 12.8 Å². The molecule has 0 radical (unpaired) electrons. The maximum absolute atomic E-state index is 10.8. The van der Waals surface area contributed by atoms with Crippen LogP contribution in [-0.4, -0.2) is 46.0 Å². The van der Waals surface area contributed by atoms with Gasteiger partial charge in [0.2, 0.25) is 5.15 Å². The summed E-state index contributed by atoms with van der Waals surface area (Å²) in [6, 6.07) is 0.623. The van der Waals surface area contributed by atoms with Gasteiger partial charge in [-0.05, 0) is 19.9 Å². The lowest BCUT2D eigenvalue weighted by Crippen LogP contribution is -2.26. The first-order valence-electron chi connectivity index (χ1n) is 5.57. The first kappa shape index (κ1) is 13.0. The SMILES string of the molecule is CN(CCOc1ncnc(Cl)c1[N+](=O)[O-])C1CC1. The molecule has 1 aliphatic rings. The predicted molar refractivity (Wildman–Crippen MR) is 64.8 cm³/mol. The monoisotopic (exact) mass is 272 g/mol. The molecule has 0 amide bonds. The van der Waals surface area contributed by atoms with Crippen molar-refractivity contribution >= 4 is 17.3 Å². The first-order chi connectivity index (χ1) is 8.59. The quantitative estimate of drug-likeness (QED) is 0.443. The third kappa shape index (κ3) is 3.05. The van der Waals surface area contributed by atoms with Crippen molar-refractivity contribution in [3.05, 3.63) is 21.6 Å². The van der Waals surface area contributed by atoms with Crippen LogP contribution in [0.2, 0.25) is 5.15 Å². The second-order valence-corrected chi connectivity index (χ2v) is 4.49. The van der Waals surface area contributed by atoms with Crippen molar-refractivity contribution in [1.82, 2.24) is 14.9 Å². The third-order valence-electron chi connectivity index (χ3n) is 2.78. The Bertz CT molecular complexity index is 453. The molecule has 1 aromatic heterocycles. The van der Waals surface area contributed by atoms with E-state index >= 15 is 0 Å². The van der Waals surface area contributed by atoms with Crippen LogP contribution in [0.4, 0.5) is 5.69 Å². The lowest BCUT2D eigenvalue weighted by atomic mass is 10.5. The van der Waals surface area contributed by atoms with Gasteiger partial charge in [-0.2, -0.15) is 4.98 Å². The zero-order valence-corrected chi connectivity index (χ0v) is 10.6. The molecular formula is C10H13ClN4O3. The number of rotatable bonds is 6. The summed E-state index contributed by atoms with van der Waals surface area (Å²) in [7, 11) is 2.00. The Morgan fingerprint density at radius 1 is 1.61 bits per heavy atom. The summed E-state index contributed by atoms with van der Waals surface area (Å²) >= 11 is 5.64. The predicted octanol–water partition coefficient (Wildman–Crippen LogP) is 1.51. The highest BCUT2D eigenvalue weighted by Gasteiger charge is 2.26. The standard InChI is InChI=1S/C10H13ClN4O3/c1-14(7-2-3-7)4-5-18-10-8(15(16)17)9(11)12-6-13-10/h6-7H,2-5H2,1H3. The van der Waals surface area contributed by atoms with Gasteiger partial charge in [0, 0.05) is 12.6 Å². The van der Waals surface area contributed by atoms with E-state index in [1.807, 2.05) is 7.05 Å². The van der Waals surface area contributed by atoms with Crippen LogP contribution in [0.5, 0.6) is 5.88 Å². The number of hydrogen-bond donors (Lipinski definition) is 0. The average Bonchev–Trinajstić information content (AvgIpc) is 3.12. The van der Waals surface area contributed by atoms with Crippen LogP contribution in [0.1, 0.15) is 12.8 Å². The normalized spacial score (nSPS) is 14.8. The van der Waals surface area contributed by atoms with Crippen LogP contribution >= 0.6 is 11.6 Å². The summed E-state index contributed by atoms with van der Waals surface area (Å²) in [5.74, 6) is -0.0794. The number of aromatic nitrogens is 2. The second-order valence-electron chi connectivity index (χ2n) is 4.14. The van der Waals surface area contributed by atoms with E-state index in [1.54, 1.807) is 0 Å². The van der Waals surface area contributed by atoms with Crippen LogP contribution < -0.4 is 4.74 Å². The molecular weight excluding hydrogens is 260 g/mol. The molecule has 0 N–H and O–H groups in total. The molecule has 0 saturated heterocycles. The summed E-state index contributed by atoms with van der Waals surface area (Å²) in [4.78, 5) is 19.6. The first-order valence-corrected chi connectivity index (χ1v) is 5.95. The molecule has 1 aromatic rings. The Morgan fingerprint density at radius 2 is 2.33 bits per heavy atom. The van der Waals surface area contributed by atoms with E-state index in [2.05, 4.69) is 14.9 Å². The fraction of sp³-hybridized carbons (Fsp3) is 0.600. The van der Waals surface area contributed by atoms with Gasteiger partial charge in [-0.25, -0.2) is 4.98 Å². The Kier molecular flexibility index (Phi) is 3.93. The zero-order chi connectivity index (χ0) is 13.1. The molecule has 0 aromatic carbocycles. The molecule has 0 spiro atoms. The van der Waals surface area contributed by atoms with Gasteiger partial charge >= 0.3 is 5.69 Å². The zero-order valence-electron chi connectivity index (χ0n) is 9.87. The number of likely N-dealkylation sites (N-methyl/N-ethyl adjacent to an activating group) is 1. The average molecular weight is 273 g/mol. The highest BCUT2D eigenvalue weighted by Crippen LogP contribution is 2.30. The van der Waals surface area contributed by atoms with Crippen LogP contribution in [-0.2, 0) is 0 Å². The molecule has 8 heteroatoms. The van der Waals surface area contributed by atoms with Gasteiger partial charge in [-0.15, -0.1) is 0 Å². The fourth-order valence-corrected chi connectivity index (χ4v) is 1.78. The molecule has 7 nitrogen and oxygen atoms in total. The molecule has 0 aliphatic heterocycles. The van der Waals surface area contributed by atoms with Crippen LogP contribution in [0.15, 0.2) is 6.33 Å². The molecule has 0 atom stereocenters. The van der Waals surface area contributed by atoms with Crippen molar-refractivity contribution in [2.45, 2.75) is 18.9 Å². The van der Waals surface area contributed by atoms with Crippen LogP contribution in [0, 0.1) is 10.1 Å². The van der Waals surface area contributed by atoms with E-state index in [9.17, 15) is 10.1 Å². The smallest absolute Gasteiger partial charge is 0.367 e. The topological polar surface area (TPSA) is 81.4 Å². The summed E-state index contributed by atoms with van der Waals surface area (Å²) < 4.78 is 5.31. The maximum atomic E-state index is 10.8. The van der Waals surface area contributed by atoms with Gasteiger partial charge in [-0.1, -0.05) is 11.6 Å². The van der Waals surface area contributed by atoms with Crippen LogP contribution in [0.3, 0.4) is 0 Å². The largest absolute Gasteiger partial charge is 0.471 e. The van der Waals surface area contributed by atoms with Crippen LogP contribution in [0.25, 0.3) is 0 Å². The van der Waals surface area contributed by atoms with E-state index in [0.29, 0.717) is 19.2 Å². The minimum absolute atomic E-state index is 0.0794. The Balaban J connectivity index is 1.95. The van der Waals surface area contributed by atoms with Crippen molar-refractivity contribution in [2.24, 2.45) is 0 Å². The van der Waals surface area contributed by atoms with E-state index in [-0.39, 0.29) is 16.7 Å². The van der Waals surface area contributed by atoms with E-state index in [4.69, 9.17) is 16.3 Å². The van der Waals surface area contributed by atoms with Crippen molar-refractivity contribution < 1.29 is 9.66 Å². The van der Waals surface area contributed by atoms with Gasteiger partial charge in [0.15, 0.2) is 0 Å². The Morgan fingerprint density at radius 3 is 2.94 bits per heavy atom. The fourth-order valence-electron chi connectivity index (χ4n) is 1.59. The summed E-state index contributed by atoms with van der Waals surface area (Å²) in [6.45, 7) is 1.03. The van der Waals surface area contributed by atoms with Crippen molar-refractivity contribution in [3.8, 4) is 5.88 Å². The summed E-state index contributed by atoms with van der Waals surface area (Å²) in [5, 5.41) is 10.6. The molecule has 0 unspecified atom stereocenters. The lowest BCUT2D eigenvalue weighted by molar-refractivity contribution is -0.386.